The van der Waals surface area contributed by atoms with Crippen molar-refractivity contribution < 1.29 is 4.74 Å². The summed E-state index contributed by atoms with van der Waals surface area (Å²) in [5.74, 6) is 2.92. The molecular formula is C15H23ClO. The Hall–Kier alpha value is -0.690. The van der Waals surface area contributed by atoms with Crippen molar-refractivity contribution in [1.29, 1.82) is 0 Å². The van der Waals surface area contributed by atoms with Crippen LogP contribution in [0.2, 0.25) is 0 Å². The molecule has 0 fully saturated rings. The van der Waals surface area contributed by atoms with E-state index in [0.717, 1.165) is 31.1 Å². The summed E-state index contributed by atoms with van der Waals surface area (Å²) >= 11 is 5.70. The molecule has 0 aliphatic rings. The monoisotopic (exact) mass is 254 g/mol. The normalized spacial score (nSPS) is 12.8. The van der Waals surface area contributed by atoms with Crippen molar-refractivity contribution in [2.24, 2.45) is 5.92 Å². The molecule has 1 nitrogen and oxygen atoms in total. The van der Waals surface area contributed by atoms with Crippen LogP contribution < -0.4 is 4.74 Å². The van der Waals surface area contributed by atoms with E-state index >= 15 is 0 Å². The maximum absolute atomic E-state index is 5.71. The average molecular weight is 255 g/mol. The number of halogens is 1. The first kappa shape index (κ1) is 14.4. The van der Waals surface area contributed by atoms with Gasteiger partial charge in [-0.05, 0) is 42.4 Å². The second-order valence-electron chi connectivity index (χ2n) is 4.94. The predicted molar refractivity (Wildman–Crippen MR) is 75.1 cm³/mol. The first-order chi connectivity index (χ1) is 8.13. The molecular weight excluding hydrogens is 232 g/mol. The fourth-order valence-corrected chi connectivity index (χ4v) is 2.03. The minimum Gasteiger partial charge on any atom is -0.494 e. The van der Waals surface area contributed by atoms with Crippen LogP contribution in [0, 0.1) is 5.92 Å². The van der Waals surface area contributed by atoms with E-state index in [2.05, 4.69) is 45.0 Å². The number of benzene rings is 1. The molecule has 17 heavy (non-hydrogen) atoms. The van der Waals surface area contributed by atoms with Gasteiger partial charge in [0.15, 0.2) is 0 Å². The molecule has 0 saturated carbocycles. The summed E-state index contributed by atoms with van der Waals surface area (Å²) in [5.41, 5.74) is 1.35. The molecule has 0 amide bonds. The Morgan fingerprint density at radius 2 is 1.71 bits per heavy atom. The van der Waals surface area contributed by atoms with Gasteiger partial charge in [0.2, 0.25) is 0 Å². The summed E-state index contributed by atoms with van der Waals surface area (Å²) in [5, 5.41) is 0. The van der Waals surface area contributed by atoms with E-state index < -0.39 is 0 Å². The molecule has 1 aromatic rings. The molecule has 0 radical (unpaired) electrons. The highest BCUT2D eigenvalue weighted by molar-refractivity contribution is 6.17. The molecule has 1 rings (SSSR count). The lowest BCUT2D eigenvalue weighted by Crippen LogP contribution is -2.04. The van der Waals surface area contributed by atoms with E-state index in [1.54, 1.807) is 0 Å². The summed E-state index contributed by atoms with van der Waals surface area (Å²) in [6.45, 7) is 7.39. The SMILES string of the molecule is CC(CCCl)CCOc1ccc(C(C)C)cc1. The van der Waals surface area contributed by atoms with Crippen molar-refractivity contribution in [3.63, 3.8) is 0 Å². The maximum atomic E-state index is 5.71. The summed E-state index contributed by atoms with van der Waals surface area (Å²) < 4.78 is 5.71. The molecule has 0 spiro atoms. The highest BCUT2D eigenvalue weighted by Crippen LogP contribution is 2.19. The van der Waals surface area contributed by atoms with Crippen LogP contribution >= 0.6 is 11.6 Å². The third kappa shape index (κ3) is 5.45. The van der Waals surface area contributed by atoms with Gasteiger partial charge in [-0.3, -0.25) is 0 Å². The zero-order valence-electron chi connectivity index (χ0n) is 11.1. The van der Waals surface area contributed by atoms with Crippen molar-refractivity contribution in [2.75, 3.05) is 12.5 Å². The lowest BCUT2D eigenvalue weighted by Gasteiger charge is -2.11. The van der Waals surface area contributed by atoms with Gasteiger partial charge in [0.05, 0.1) is 6.61 Å². The fraction of sp³-hybridized carbons (Fsp3) is 0.600. The number of ether oxygens (including phenoxy) is 1. The quantitative estimate of drug-likeness (QED) is 0.633. The standard InChI is InChI=1S/C15H23ClO/c1-12(2)14-4-6-15(7-5-14)17-11-9-13(3)8-10-16/h4-7,12-13H,8-11H2,1-3H3. The molecule has 0 heterocycles. The van der Waals surface area contributed by atoms with Gasteiger partial charge in [-0.25, -0.2) is 0 Å². The summed E-state index contributed by atoms with van der Waals surface area (Å²) in [6.07, 6.45) is 2.13. The lowest BCUT2D eigenvalue weighted by atomic mass is 10.0. The molecule has 0 aliphatic heterocycles. The largest absolute Gasteiger partial charge is 0.494 e. The molecule has 0 saturated heterocycles. The van der Waals surface area contributed by atoms with Crippen molar-refractivity contribution in [2.45, 2.75) is 39.5 Å². The minimum atomic E-state index is 0.577. The number of rotatable bonds is 7. The number of hydrogen-bond acceptors (Lipinski definition) is 1. The highest BCUT2D eigenvalue weighted by atomic mass is 35.5. The second kappa shape index (κ2) is 7.60. The van der Waals surface area contributed by atoms with E-state index in [-0.39, 0.29) is 0 Å². The molecule has 2 heteroatoms. The Balaban J connectivity index is 2.32. The fourth-order valence-electron chi connectivity index (χ4n) is 1.66. The van der Waals surface area contributed by atoms with Gasteiger partial charge >= 0.3 is 0 Å². The maximum Gasteiger partial charge on any atom is 0.119 e. The Kier molecular flexibility index (Phi) is 6.43. The Morgan fingerprint density at radius 3 is 2.24 bits per heavy atom. The third-order valence-electron chi connectivity index (χ3n) is 3.03. The first-order valence-corrected chi connectivity index (χ1v) is 6.95. The van der Waals surface area contributed by atoms with Crippen molar-refractivity contribution in [3.8, 4) is 5.75 Å². The Morgan fingerprint density at radius 1 is 1.06 bits per heavy atom. The van der Waals surface area contributed by atoms with Gasteiger partial charge in [0.1, 0.15) is 5.75 Å². The summed E-state index contributed by atoms with van der Waals surface area (Å²) in [7, 11) is 0. The number of hydrogen-bond donors (Lipinski definition) is 0. The molecule has 0 bridgehead atoms. The van der Waals surface area contributed by atoms with E-state index in [4.69, 9.17) is 16.3 Å². The van der Waals surface area contributed by atoms with Crippen molar-refractivity contribution in [3.05, 3.63) is 29.8 Å². The van der Waals surface area contributed by atoms with Gasteiger partial charge in [-0.15, -0.1) is 11.6 Å². The van der Waals surface area contributed by atoms with Crippen LogP contribution in [0.3, 0.4) is 0 Å². The molecule has 0 aromatic heterocycles. The molecule has 96 valence electrons. The first-order valence-electron chi connectivity index (χ1n) is 6.42. The molecule has 1 unspecified atom stereocenters. The molecule has 1 atom stereocenters. The molecule has 0 aliphatic carbocycles. The zero-order chi connectivity index (χ0) is 12.7. The van der Waals surface area contributed by atoms with E-state index in [1.165, 1.54) is 5.56 Å². The minimum absolute atomic E-state index is 0.577. The van der Waals surface area contributed by atoms with Crippen LogP contribution in [0.4, 0.5) is 0 Å². The zero-order valence-corrected chi connectivity index (χ0v) is 11.8. The molecule has 0 N–H and O–H groups in total. The van der Waals surface area contributed by atoms with Crippen LogP contribution in [0.25, 0.3) is 0 Å². The van der Waals surface area contributed by atoms with Crippen LogP contribution in [-0.2, 0) is 0 Å². The second-order valence-corrected chi connectivity index (χ2v) is 5.32. The summed E-state index contributed by atoms with van der Waals surface area (Å²) in [4.78, 5) is 0. The van der Waals surface area contributed by atoms with Crippen molar-refractivity contribution >= 4 is 11.6 Å². The molecule has 1 aromatic carbocycles. The Bertz CT molecular complexity index is 305. The van der Waals surface area contributed by atoms with E-state index in [0.29, 0.717) is 11.8 Å². The van der Waals surface area contributed by atoms with Crippen LogP contribution in [0.1, 0.15) is 45.1 Å². The summed E-state index contributed by atoms with van der Waals surface area (Å²) in [6, 6.07) is 8.40. The van der Waals surface area contributed by atoms with Gasteiger partial charge in [0, 0.05) is 5.88 Å². The Labute approximate surface area is 110 Å². The predicted octanol–water partition coefficient (Wildman–Crippen LogP) is 4.84. The van der Waals surface area contributed by atoms with Gasteiger partial charge in [0.25, 0.3) is 0 Å². The topological polar surface area (TPSA) is 9.23 Å². The average Bonchev–Trinajstić information content (AvgIpc) is 2.30. The van der Waals surface area contributed by atoms with Gasteiger partial charge in [-0.1, -0.05) is 32.9 Å². The van der Waals surface area contributed by atoms with Crippen LogP contribution in [0.15, 0.2) is 24.3 Å². The van der Waals surface area contributed by atoms with Crippen LogP contribution in [0.5, 0.6) is 5.75 Å². The van der Waals surface area contributed by atoms with Gasteiger partial charge in [-0.2, -0.15) is 0 Å². The van der Waals surface area contributed by atoms with Gasteiger partial charge < -0.3 is 4.74 Å². The van der Waals surface area contributed by atoms with Crippen molar-refractivity contribution in [1.82, 2.24) is 0 Å². The van der Waals surface area contributed by atoms with E-state index in [1.807, 2.05) is 0 Å². The van der Waals surface area contributed by atoms with Crippen LogP contribution in [-0.4, -0.2) is 12.5 Å². The number of alkyl halides is 1. The highest BCUT2D eigenvalue weighted by Gasteiger charge is 2.02. The third-order valence-corrected chi connectivity index (χ3v) is 3.25. The smallest absolute Gasteiger partial charge is 0.119 e. The van der Waals surface area contributed by atoms with E-state index in [9.17, 15) is 0 Å². The lowest BCUT2D eigenvalue weighted by molar-refractivity contribution is 0.282.